The number of hydrogen-bond donors (Lipinski definition) is 4. The van der Waals surface area contributed by atoms with E-state index < -0.39 is 36.5 Å². The number of fused-ring (bicyclic) bond motifs is 5. The molecule has 5 heterocycles. The Kier molecular flexibility index (Phi) is 7.71. The molecule has 1 amide bonds. The number of aliphatic imine (C=N–C) groups is 3. The van der Waals surface area contributed by atoms with Crippen molar-refractivity contribution in [2.24, 2.45) is 20.7 Å². The number of aldehydes is 1. The van der Waals surface area contributed by atoms with E-state index in [0.717, 1.165) is 6.42 Å². The number of amidine groups is 1. The number of guanidine groups is 1. The summed E-state index contributed by atoms with van der Waals surface area (Å²) < 4.78 is 23.8. The van der Waals surface area contributed by atoms with E-state index in [1.165, 1.54) is 7.11 Å². The van der Waals surface area contributed by atoms with Crippen LogP contribution in [0.25, 0.3) is 5.57 Å². The first-order valence-electron chi connectivity index (χ1n) is 15.6. The van der Waals surface area contributed by atoms with Gasteiger partial charge < -0.3 is 45.1 Å². The number of aliphatic hydroxyl groups excluding tert-OH is 1. The second kappa shape index (κ2) is 11.8. The largest absolute Gasteiger partial charge is 0.496 e. The quantitative estimate of drug-likeness (QED) is 0.220. The summed E-state index contributed by atoms with van der Waals surface area (Å²) >= 11 is 0. The van der Waals surface area contributed by atoms with Crippen LogP contribution in [0.5, 0.6) is 17.2 Å². The minimum atomic E-state index is -1.14. The van der Waals surface area contributed by atoms with Gasteiger partial charge in [0.05, 0.1) is 42.6 Å². The third kappa shape index (κ3) is 4.73. The zero-order valence-corrected chi connectivity index (χ0v) is 26.6. The molecule has 0 radical (unpaired) electrons. The summed E-state index contributed by atoms with van der Waals surface area (Å²) in [7, 11) is 1.49. The van der Waals surface area contributed by atoms with Crippen molar-refractivity contribution >= 4 is 41.2 Å². The number of carbonyl (C=O) groups is 3. The molecule has 5 N–H and O–H groups in total. The van der Waals surface area contributed by atoms with Crippen molar-refractivity contribution in [3.8, 4) is 17.2 Å². The standard InChI is InChI=1S/C32H35N7O9/c1-4-46-29(43)24-17(12-40)15(7-10-38-11-9-34-31(38)39-14-35-21-27(39)36-30(33)37-28(21)42)19-22(47-24)18(13-41)23-20(25(19)45-3)16-6-5-8-32(2,44)26(16)48-23/h7,9,11-12,16,26,31,34,41,44H,4-6,8,10,13-14H2,1-3H3,(H2,33,37,42)/b15-7+/t16-,26-,31?,32+/m0/s1. The van der Waals surface area contributed by atoms with Crippen LogP contribution < -0.4 is 25.3 Å². The molecule has 1 fully saturated rings. The third-order valence-electron chi connectivity index (χ3n) is 9.36. The van der Waals surface area contributed by atoms with Crippen molar-refractivity contribution < 1.29 is 43.5 Å². The van der Waals surface area contributed by atoms with Crippen molar-refractivity contribution in [1.29, 1.82) is 0 Å². The highest BCUT2D eigenvalue weighted by Crippen LogP contribution is 2.60. The molecule has 6 aliphatic rings. The molecule has 1 aromatic rings. The number of nitrogens with one attached hydrogen (secondary N) is 1. The highest BCUT2D eigenvalue weighted by atomic mass is 16.6. The fourth-order valence-corrected chi connectivity index (χ4v) is 7.28. The van der Waals surface area contributed by atoms with Crippen molar-refractivity contribution in [1.82, 2.24) is 15.1 Å². The van der Waals surface area contributed by atoms with E-state index in [1.54, 1.807) is 37.2 Å². The molecule has 1 aliphatic carbocycles. The summed E-state index contributed by atoms with van der Waals surface area (Å²) in [4.78, 5) is 54.3. The smallest absolute Gasteiger partial charge is 0.375 e. The Hall–Kier alpha value is -5.22. The van der Waals surface area contributed by atoms with Gasteiger partial charge in [-0.05, 0) is 33.1 Å². The van der Waals surface area contributed by atoms with Crippen LogP contribution in [-0.2, 0) is 25.7 Å². The molecule has 5 aliphatic heterocycles. The average molecular weight is 662 g/mol. The molecule has 0 aromatic heterocycles. The number of aliphatic hydroxyl groups is 2. The summed E-state index contributed by atoms with van der Waals surface area (Å²) in [5, 5.41) is 25.2. The van der Waals surface area contributed by atoms with Crippen molar-refractivity contribution in [2.45, 2.75) is 63.6 Å². The van der Waals surface area contributed by atoms with Gasteiger partial charge in [-0.15, -0.1) is 0 Å². The van der Waals surface area contributed by atoms with Gasteiger partial charge in [0.2, 0.25) is 11.7 Å². The SMILES string of the molecule is CCOC(=O)C1=C(C=O)/C(=C\CN2C=CNC2N2CN=C3C(=O)N=C(N)N=C32)c2c(c(CO)c3c(c2OC)[C@@H]2CCC[C@@](C)(O)[C@H]2O3)O1. The number of nitrogens with zero attached hydrogens (tertiary/aromatic N) is 5. The number of allylic oxidation sites excluding steroid dienone is 2. The van der Waals surface area contributed by atoms with Gasteiger partial charge in [0.1, 0.15) is 30.0 Å². The van der Waals surface area contributed by atoms with Gasteiger partial charge in [0.15, 0.2) is 24.1 Å². The van der Waals surface area contributed by atoms with Crippen LogP contribution in [0.1, 0.15) is 55.7 Å². The molecule has 0 spiro atoms. The monoisotopic (exact) mass is 661 g/mol. The molecule has 252 valence electrons. The second-order valence-corrected chi connectivity index (χ2v) is 12.2. The maximum Gasteiger partial charge on any atom is 0.375 e. The van der Waals surface area contributed by atoms with Gasteiger partial charge in [-0.3, -0.25) is 19.5 Å². The molecule has 1 saturated carbocycles. The number of nitrogens with two attached hydrogens (primary N) is 1. The first kappa shape index (κ1) is 31.4. The minimum Gasteiger partial charge on any atom is -0.496 e. The van der Waals surface area contributed by atoms with Gasteiger partial charge in [-0.25, -0.2) is 4.79 Å². The molecule has 0 saturated heterocycles. The Balaban J connectivity index is 1.35. The maximum atomic E-state index is 13.2. The number of carbonyl (C=O) groups excluding carboxylic acids is 3. The summed E-state index contributed by atoms with van der Waals surface area (Å²) in [6.45, 7) is 3.14. The number of ether oxygens (including phenoxy) is 4. The highest BCUT2D eigenvalue weighted by Gasteiger charge is 2.52. The van der Waals surface area contributed by atoms with Crippen LogP contribution >= 0.6 is 0 Å². The number of esters is 1. The van der Waals surface area contributed by atoms with Crippen LogP contribution in [-0.4, -0.2) is 101 Å². The van der Waals surface area contributed by atoms with Crippen LogP contribution in [0, 0.1) is 0 Å². The highest BCUT2D eigenvalue weighted by molar-refractivity contribution is 6.69. The Bertz CT molecular complexity index is 1810. The summed E-state index contributed by atoms with van der Waals surface area (Å²) in [5.41, 5.74) is 6.25. The Morgan fingerprint density at radius 3 is 2.85 bits per heavy atom. The lowest BCUT2D eigenvalue weighted by atomic mass is 9.73. The zero-order valence-electron chi connectivity index (χ0n) is 26.6. The van der Waals surface area contributed by atoms with E-state index >= 15 is 0 Å². The molecular formula is C32H35N7O9. The fraction of sp³-hybridized carbons (Fsp3) is 0.438. The first-order valence-corrected chi connectivity index (χ1v) is 15.6. The molecule has 1 unspecified atom stereocenters. The van der Waals surface area contributed by atoms with Gasteiger partial charge in [0, 0.05) is 36.0 Å². The molecule has 16 nitrogen and oxygen atoms in total. The number of benzene rings is 1. The number of amides is 1. The molecule has 0 bridgehead atoms. The molecule has 7 rings (SSSR count). The number of hydrogen-bond acceptors (Lipinski definition) is 15. The molecule has 4 atom stereocenters. The van der Waals surface area contributed by atoms with E-state index in [0.29, 0.717) is 47.3 Å². The second-order valence-electron chi connectivity index (χ2n) is 12.2. The van der Waals surface area contributed by atoms with Gasteiger partial charge in [-0.1, -0.05) is 6.08 Å². The summed E-state index contributed by atoms with van der Waals surface area (Å²) in [6, 6.07) is 0. The van der Waals surface area contributed by atoms with Crippen LogP contribution in [0.3, 0.4) is 0 Å². The van der Waals surface area contributed by atoms with Crippen LogP contribution in [0.2, 0.25) is 0 Å². The zero-order chi connectivity index (χ0) is 33.9. The third-order valence-corrected chi connectivity index (χ3v) is 9.36. The Labute approximate surface area is 274 Å². The fourth-order valence-electron chi connectivity index (χ4n) is 7.28. The van der Waals surface area contributed by atoms with Gasteiger partial charge in [-0.2, -0.15) is 9.98 Å². The molecule has 48 heavy (non-hydrogen) atoms. The first-order chi connectivity index (χ1) is 23.1. The maximum absolute atomic E-state index is 13.2. The molecular weight excluding hydrogens is 626 g/mol. The van der Waals surface area contributed by atoms with Crippen molar-refractivity contribution in [3.63, 3.8) is 0 Å². The van der Waals surface area contributed by atoms with E-state index in [-0.39, 0.29) is 65.9 Å². The van der Waals surface area contributed by atoms with E-state index in [4.69, 9.17) is 24.7 Å². The molecule has 1 aromatic carbocycles. The lowest BCUT2D eigenvalue weighted by Crippen LogP contribution is -2.53. The predicted molar refractivity (Wildman–Crippen MR) is 170 cm³/mol. The summed E-state index contributed by atoms with van der Waals surface area (Å²) in [6.07, 6.45) is 6.58. The van der Waals surface area contributed by atoms with Crippen molar-refractivity contribution in [3.05, 3.63) is 46.5 Å². The predicted octanol–water partition coefficient (Wildman–Crippen LogP) is 0.386. The Morgan fingerprint density at radius 2 is 2.12 bits per heavy atom. The summed E-state index contributed by atoms with van der Waals surface area (Å²) in [5.74, 6) is -1.18. The lowest BCUT2D eigenvalue weighted by Gasteiger charge is -2.37. The van der Waals surface area contributed by atoms with E-state index in [2.05, 4.69) is 20.3 Å². The van der Waals surface area contributed by atoms with Crippen molar-refractivity contribution in [2.75, 3.05) is 26.9 Å². The number of methoxy groups -OCH3 is 1. The van der Waals surface area contributed by atoms with E-state index in [9.17, 15) is 24.6 Å². The Morgan fingerprint density at radius 1 is 1.31 bits per heavy atom. The molecule has 16 heteroatoms. The topological polar surface area (TPSA) is 210 Å². The van der Waals surface area contributed by atoms with Crippen LogP contribution in [0.15, 0.2) is 44.8 Å². The number of rotatable bonds is 8. The average Bonchev–Trinajstić information content (AvgIpc) is 3.79. The normalized spacial score (nSPS) is 27.6. The van der Waals surface area contributed by atoms with E-state index in [1.807, 2.05) is 4.90 Å². The lowest BCUT2D eigenvalue weighted by molar-refractivity contribution is -0.141. The van der Waals surface area contributed by atoms with Crippen LogP contribution in [0.4, 0.5) is 0 Å². The minimum absolute atomic E-state index is 0.0269. The van der Waals surface area contributed by atoms with Gasteiger partial charge in [0.25, 0.3) is 0 Å². The van der Waals surface area contributed by atoms with Gasteiger partial charge >= 0.3 is 11.9 Å².